The van der Waals surface area contributed by atoms with Crippen LogP contribution in [0.1, 0.15) is 31.7 Å². The Morgan fingerprint density at radius 3 is 2.40 bits per heavy atom. The highest BCUT2D eigenvalue weighted by Gasteiger charge is 2.66. The van der Waals surface area contributed by atoms with E-state index in [0.717, 1.165) is 35.7 Å². The molecule has 2 amide bonds. The first-order valence-electron chi connectivity index (χ1n) is 14.4. The van der Waals surface area contributed by atoms with E-state index < -0.39 is 25.6 Å². The van der Waals surface area contributed by atoms with Crippen molar-refractivity contribution in [3.05, 3.63) is 54.1 Å². The highest BCUT2D eigenvalue weighted by Crippen LogP contribution is 2.60. The SMILES string of the molecule is C[C@H]1[C@H]([Si](C)(C)O)[C@@H](CCO)O[C@]12C(=O)N(C)c1ccc(N3CN(c4ccccc4)C4(CCNCC4)C3=O)cc12. The number of ether oxygens (including phenoxy) is 1. The molecule has 2 aromatic carbocycles. The van der Waals surface area contributed by atoms with Gasteiger partial charge in [-0.25, -0.2) is 0 Å². The molecule has 4 aliphatic rings. The Bertz CT molecular complexity index is 1310. The van der Waals surface area contributed by atoms with E-state index in [9.17, 15) is 19.5 Å². The van der Waals surface area contributed by atoms with Gasteiger partial charge in [0.1, 0.15) is 5.54 Å². The number of rotatable bonds is 5. The molecule has 4 atom stereocenters. The minimum atomic E-state index is -2.76. The standard InChI is InChI=1S/C30H40N4O5Si/c1-20-26(40(3,4)38)25(12-17-35)39-30(20)23-18-22(10-11-24(23)32(2)28(30)37)33-19-34(21-8-6-5-7-9-21)29(27(33)36)13-15-31-16-14-29/h5-11,18,20,25-26,31,35,38H,12-17,19H2,1-4H3/t20-,25+,26-,30+/m0/s1. The third-order valence-corrected chi connectivity index (χ3v) is 12.3. The van der Waals surface area contributed by atoms with Crippen LogP contribution in [0.25, 0.3) is 0 Å². The van der Waals surface area contributed by atoms with Gasteiger partial charge in [-0.05, 0) is 75.8 Å². The van der Waals surface area contributed by atoms with E-state index in [2.05, 4.69) is 22.3 Å². The summed E-state index contributed by atoms with van der Waals surface area (Å²) in [5.74, 6) is -0.387. The monoisotopic (exact) mass is 564 g/mol. The van der Waals surface area contributed by atoms with E-state index in [-0.39, 0.29) is 29.9 Å². The lowest BCUT2D eigenvalue weighted by atomic mass is 9.82. The summed E-state index contributed by atoms with van der Waals surface area (Å²) in [7, 11) is -1.01. The molecule has 0 unspecified atom stereocenters. The van der Waals surface area contributed by atoms with Gasteiger partial charge in [-0.2, -0.15) is 0 Å². The quantitative estimate of drug-likeness (QED) is 0.480. The van der Waals surface area contributed by atoms with Crippen LogP contribution >= 0.6 is 0 Å². The van der Waals surface area contributed by atoms with Crippen LogP contribution in [0.3, 0.4) is 0 Å². The Labute approximate surface area is 236 Å². The molecule has 214 valence electrons. The van der Waals surface area contributed by atoms with E-state index in [1.54, 1.807) is 11.9 Å². The normalized spacial score (nSPS) is 29.8. The lowest BCUT2D eigenvalue weighted by Gasteiger charge is -2.39. The smallest absolute Gasteiger partial charge is 0.264 e. The molecule has 4 aliphatic heterocycles. The molecule has 0 saturated carbocycles. The minimum absolute atomic E-state index is 0.0739. The summed E-state index contributed by atoms with van der Waals surface area (Å²) in [4.78, 5) is 45.2. The molecule has 3 N–H and O–H groups in total. The van der Waals surface area contributed by atoms with Crippen LogP contribution in [0.5, 0.6) is 0 Å². The molecule has 0 radical (unpaired) electrons. The van der Waals surface area contributed by atoms with Crippen LogP contribution in [0.4, 0.5) is 17.1 Å². The number of carbonyl (C=O) groups is 2. The van der Waals surface area contributed by atoms with Crippen molar-refractivity contribution in [3.63, 3.8) is 0 Å². The molecular weight excluding hydrogens is 524 g/mol. The average molecular weight is 565 g/mol. The Hall–Kier alpha value is -2.76. The minimum Gasteiger partial charge on any atom is -0.432 e. The Kier molecular flexibility index (Phi) is 6.62. The first-order chi connectivity index (χ1) is 19.1. The number of hydrogen-bond acceptors (Lipinski definition) is 7. The second-order valence-corrected chi connectivity index (χ2v) is 16.3. The molecule has 4 heterocycles. The lowest BCUT2D eigenvalue weighted by Crippen LogP contribution is -2.55. The van der Waals surface area contributed by atoms with Gasteiger partial charge in [0.05, 0.1) is 18.5 Å². The summed E-state index contributed by atoms with van der Waals surface area (Å²) in [5, 5.41) is 13.2. The number of aliphatic hydroxyl groups excluding tert-OH is 1. The van der Waals surface area contributed by atoms with Gasteiger partial charge in [-0.15, -0.1) is 0 Å². The van der Waals surface area contributed by atoms with Gasteiger partial charge in [0.2, 0.25) is 0 Å². The summed E-state index contributed by atoms with van der Waals surface area (Å²) in [6.45, 7) is 7.62. The highest BCUT2D eigenvalue weighted by molar-refractivity contribution is 6.71. The first-order valence-corrected chi connectivity index (χ1v) is 17.4. The largest absolute Gasteiger partial charge is 0.432 e. The molecule has 2 spiro atoms. The Morgan fingerprint density at radius 2 is 1.75 bits per heavy atom. The molecule has 3 saturated heterocycles. The van der Waals surface area contributed by atoms with Crippen LogP contribution < -0.4 is 20.0 Å². The number of likely N-dealkylation sites (N-methyl/N-ethyl adjacent to an activating group) is 1. The number of hydrogen-bond donors (Lipinski definition) is 3. The molecule has 2 aromatic rings. The third-order valence-electron chi connectivity index (χ3n) is 9.76. The molecule has 0 aliphatic carbocycles. The summed E-state index contributed by atoms with van der Waals surface area (Å²) < 4.78 is 6.66. The summed E-state index contributed by atoms with van der Waals surface area (Å²) in [6, 6.07) is 15.9. The molecule has 0 aromatic heterocycles. The van der Waals surface area contributed by atoms with Gasteiger partial charge >= 0.3 is 0 Å². The summed E-state index contributed by atoms with van der Waals surface area (Å²) in [5.41, 5.74) is 1.12. The molecule has 3 fully saturated rings. The summed E-state index contributed by atoms with van der Waals surface area (Å²) >= 11 is 0. The zero-order chi connectivity index (χ0) is 28.4. The maximum Gasteiger partial charge on any atom is 0.264 e. The van der Waals surface area contributed by atoms with Gasteiger partial charge in [-0.3, -0.25) is 14.5 Å². The van der Waals surface area contributed by atoms with Gasteiger partial charge in [-0.1, -0.05) is 25.1 Å². The molecular formula is C30H40N4O5Si. The maximum atomic E-state index is 14.3. The van der Waals surface area contributed by atoms with Crippen molar-refractivity contribution >= 4 is 37.2 Å². The van der Waals surface area contributed by atoms with E-state index >= 15 is 0 Å². The van der Waals surface area contributed by atoms with E-state index in [1.165, 1.54) is 0 Å². The second kappa shape index (κ2) is 9.66. The molecule has 0 bridgehead atoms. The van der Waals surface area contributed by atoms with E-state index in [0.29, 0.717) is 25.9 Å². The number of anilines is 3. The van der Waals surface area contributed by atoms with E-state index in [4.69, 9.17) is 4.74 Å². The number of aliphatic hydroxyl groups is 1. The van der Waals surface area contributed by atoms with Crippen LogP contribution in [-0.2, 0) is 19.9 Å². The number of para-hydroxylation sites is 1. The van der Waals surface area contributed by atoms with Crippen LogP contribution in [0.2, 0.25) is 18.6 Å². The molecule has 9 nitrogen and oxygen atoms in total. The fourth-order valence-electron chi connectivity index (χ4n) is 7.90. The van der Waals surface area contributed by atoms with Crippen molar-refractivity contribution < 1.29 is 24.2 Å². The Balaban J connectivity index is 1.44. The van der Waals surface area contributed by atoms with Crippen molar-refractivity contribution in [1.29, 1.82) is 0 Å². The number of benzene rings is 2. The number of amides is 2. The van der Waals surface area contributed by atoms with E-state index in [1.807, 2.05) is 61.3 Å². The van der Waals surface area contributed by atoms with Crippen molar-refractivity contribution in [2.75, 3.05) is 48.1 Å². The number of fused-ring (bicyclic) bond motifs is 2. The van der Waals surface area contributed by atoms with Gasteiger partial charge in [0, 0.05) is 42.1 Å². The van der Waals surface area contributed by atoms with Crippen molar-refractivity contribution in [2.24, 2.45) is 5.92 Å². The van der Waals surface area contributed by atoms with Crippen LogP contribution in [0, 0.1) is 5.92 Å². The number of piperidine rings is 1. The summed E-state index contributed by atoms with van der Waals surface area (Å²) in [6.07, 6.45) is 1.36. The van der Waals surface area contributed by atoms with Crippen LogP contribution in [0.15, 0.2) is 48.5 Å². The van der Waals surface area contributed by atoms with Crippen LogP contribution in [-0.4, -0.2) is 75.1 Å². The van der Waals surface area contributed by atoms with Crippen molar-refractivity contribution in [1.82, 2.24) is 5.32 Å². The fourth-order valence-corrected chi connectivity index (χ4v) is 10.5. The zero-order valence-electron chi connectivity index (χ0n) is 23.8. The molecule has 40 heavy (non-hydrogen) atoms. The zero-order valence-corrected chi connectivity index (χ0v) is 24.8. The number of nitrogens with one attached hydrogen (secondary N) is 1. The predicted molar refractivity (Wildman–Crippen MR) is 157 cm³/mol. The number of nitrogens with zero attached hydrogens (tertiary/aromatic N) is 3. The average Bonchev–Trinajstić information content (AvgIpc) is 3.47. The fraction of sp³-hybridized carbons (Fsp3) is 0.533. The van der Waals surface area contributed by atoms with Crippen molar-refractivity contribution in [3.8, 4) is 0 Å². The first kappa shape index (κ1) is 27.4. The van der Waals surface area contributed by atoms with Gasteiger partial charge in [0.15, 0.2) is 13.9 Å². The topological polar surface area (TPSA) is 106 Å². The number of carbonyl (C=O) groups excluding carboxylic acids is 2. The predicted octanol–water partition coefficient (Wildman–Crippen LogP) is 2.78. The second-order valence-electron chi connectivity index (χ2n) is 12.4. The van der Waals surface area contributed by atoms with Gasteiger partial charge in [0.25, 0.3) is 11.8 Å². The lowest BCUT2D eigenvalue weighted by molar-refractivity contribution is -0.146. The third kappa shape index (κ3) is 3.80. The highest BCUT2D eigenvalue weighted by atomic mass is 28.4. The Morgan fingerprint density at radius 1 is 1.05 bits per heavy atom. The maximum absolute atomic E-state index is 14.3. The van der Waals surface area contributed by atoms with Crippen molar-refractivity contribution in [2.45, 2.75) is 62.1 Å². The molecule has 10 heteroatoms. The molecule has 6 rings (SSSR count). The van der Waals surface area contributed by atoms with Gasteiger partial charge < -0.3 is 29.8 Å².